The van der Waals surface area contributed by atoms with Gasteiger partial charge in [0.15, 0.2) is 0 Å². The van der Waals surface area contributed by atoms with E-state index in [1.165, 1.54) is 0 Å². The maximum absolute atomic E-state index is 14.8. The van der Waals surface area contributed by atoms with Crippen LogP contribution in [0.5, 0.6) is 0 Å². The molecule has 5 nitrogen and oxygen atoms in total. The Morgan fingerprint density at radius 1 is 0.781 bits per heavy atom. The molecule has 0 fully saturated rings. The molecule has 3 aromatic carbocycles. The number of benzene rings is 3. The number of carbonyl (C=O) groups excluding carboxylic acids is 1. The minimum absolute atomic E-state index is 0.0724. The molecule has 0 unspecified atom stereocenters. The van der Waals surface area contributed by atoms with Crippen LogP contribution in [-0.2, 0) is 23.3 Å². The highest BCUT2D eigenvalue weighted by molar-refractivity contribution is 9.09. The highest BCUT2D eigenvalue weighted by Gasteiger charge is 2.58. The molecular weight excluding hydrogens is 526 g/mol. The first-order chi connectivity index (χ1) is 15.3. The van der Waals surface area contributed by atoms with Gasteiger partial charge in [-0.25, -0.2) is 8.42 Å². The fourth-order valence-electron chi connectivity index (χ4n) is 2.86. The van der Waals surface area contributed by atoms with Crippen LogP contribution in [0.4, 0.5) is 8.78 Å². The van der Waals surface area contributed by atoms with Gasteiger partial charge in [0, 0.05) is 20.0 Å². The van der Waals surface area contributed by atoms with Crippen molar-refractivity contribution in [3.8, 4) is 0 Å². The summed E-state index contributed by atoms with van der Waals surface area (Å²) >= 11 is 2.94. The van der Waals surface area contributed by atoms with Crippen molar-refractivity contribution in [3.63, 3.8) is 0 Å². The number of hydrogen-bond donors (Lipinski definition) is 0. The second-order valence-electron chi connectivity index (χ2n) is 6.36. The normalized spacial score (nSPS) is 12.8. The third-order valence-corrected chi connectivity index (χ3v) is 9.74. The van der Waals surface area contributed by atoms with Crippen molar-refractivity contribution in [3.05, 3.63) is 91.0 Å². The Kier molecular flexibility index (Phi) is 7.71. The second kappa shape index (κ2) is 10.1. The van der Waals surface area contributed by atoms with Crippen LogP contribution in [0.1, 0.15) is 0 Å². The van der Waals surface area contributed by atoms with E-state index in [0.717, 1.165) is 0 Å². The van der Waals surface area contributed by atoms with Gasteiger partial charge < -0.3 is 4.74 Å². The van der Waals surface area contributed by atoms with E-state index in [1.54, 1.807) is 91.0 Å². The Labute approximate surface area is 195 Å². The van der Waals surface area contributed by atoms with Crippen LogP contribution in [0.15, 0.2) is 106 Å². The van der Waals surface area contributed by atoms with Gasteiger partial charge in [-0.3, -0.25) is 0 Å². The molecule has 170 valence electrons. The molecule has 0 spiro atoms. The molecule has 0 aliphatic rings. The molecular formula is C22H19BrF2O5S2. The van der Waals surface area contributed by atoms with E-state index in [9.17, 15) is 22.0 Å². The SMILES string of the molecule is O=C(OCCBr)C(F)(F)S(=O)(=O)OS(c1ccccc1)(c1ccccc1)c1ccccc1. The van der Waals surface area contributed by atoms with Crippen molar-refractivity contribution in [2.75, 3.05) is 11.9 Å². The molecule has 0 aromatic heterocycles. The highest BCUT2D eigenvalue weighted by atomic mass is 79.9. The van der Waals surface area contributed by atoms with Crippen molar-refractivity contribution in [1.82, 2.24) is 0 Å². The number of halogens is 3. The molecule has 0 saturated heterocycles. The lowest BCUT2D eigenvalue weighted by Gasteiger charge is -2.39. The summed E-state index contributed by atoms with van der Waals surface area (Å²) in [6, 6.07) is 24.7. The zero-order chi connectivity index (χ0) is 23.2. The first-order valence-corrected chi connectivity index (χ1v) is 13.4. The summed E-state index contributed by atoms with van der Waals surface area (Å²) in [5.41, 5.74) is 0. The maximum Gasteiger partial charge on any atom is 0.466 e. The van der Waals surface area contributed by atoms with Gasteiger partial charge in [0.05, 0.1) is 0 Å². The van der Waals surface area contributed by atoms with E-state index in [2.05, 4.69) is 20.7 Å². The molecule has 0 aliphatic heterocycles. The van der Waals surface area contributed by atoms with Gasteiger partial charge >= 0.3 is 21.3 Å². The fraction of sp³-hybridized carbons (Fsp3) is 0.136. The Bertz CT molecular complexity index is 1050. The van der Waals surface area contributed by atoms with Crippen molar-refractivity contribution >= 4 is 42.3 Å². The van der Waals surface area contributed by atoms with Crippen LogP contribution in [0.2, 0.25) is 0 Å². The van der Waals surface area contributed by atoms with Gasteiger partial charge in [0.2, 0.25) is 0 Å². The molecule has 10 heteroatoms. The highest BCUT2D eigenvalue weighted by Crippen LogP contribution is 2.70. The van der Waals surface area contributed by atoms with E-state index in [-0.39, 0.29) is 5.33 Å². The minimum Gasteiger partial charge on any atom is -0.459 e. The summed E-state index contributed by atoms with van der Waals surface area (Å²) < 4.78 is 65.3. The monoisotopic (exact) mass is 544 g/mol. The second-order valence-corrected chi connectivity index (χ2v) is 11.6. The summed E-state index contributed by atoms with van der Waals surface area (Å²) in [5.74, 6) is -2.19. The molecule has 0 saturated carbocycles. The van der Waals surface area contributed by atoms with Gasteiger partial charge in [-0.2, -0.15) is 17.2 Å². The van der Waals surface area contributed by atoms with Gasteiger partial charge in [-0.05, 0) is 46.7 Å². The molecule has 0 amide bonds. The van der Waals surface area contributed by atoms with Crippen LogP contribution >= 0.6 is 26.2 Å². The predicted octanol–water partition coefficient (Wildman–Crippen LogP) is 5.76. The van der Waals surface area contributed by atoms with E-state index in [1.807, 2.05) is 0 Å². The molecule has 3 rings (SSSR count). The van der Waals surface area contributed by atoms with Gasteiger partial charge in [0.25, 0.3) is 0 Å². The maximum atomic E-state index is 14.8. The molecule has 0 aliphatic carbocycles. The summed E-state index contributed by atoms with van der Waals surface area (Å²) in [6.07, 6.45) is 0. The van der Waals surface area contributed by atoms with Crippen LogP contribution in [-0.4, -0.2) is 31.6 Å². The van der Waals surface area contributed by atoms with Crippen LogP contribution in [0, 0.1) is 0 Å². The van der Waals surface area contributed by atoms with Gasteiger partial charge in [-0.1, -0.05) is 70.5 Å². The van der Waals surface area contributed by atoms with Crippen LogP contribution in [0.25, 0.3) is 0 Å². The van der Waals surface area contributed by atoms with Crippen LogP contribution in [0.3, 0.4) is 0 Å². The Hall–Kier alpha value is -2.27. The largest absolute Gasteiger partial charge is 0.466 e. The smallest absolute Gasteiger partial charge is 0.459 e. The quantitative estimate of drug-likeness (QED) is 0.253. The predicted molar refractivity (Wildman–Crippen MR) is 121 cm³/mol. The zero-order valence-corrected chi connectivity index (χ0v) is 19.8. The van der Waals surface area contributed by atoms with Crippen molar-refractivity contribution in [2.24, 2.45) is 0 Å². The summed E-state index contributed by atoms with van der Waals surface area (Å²) in [4.78, 5) is 13.0. The first kappa shape index (κ1) is 24.4. The third kappa shape index (κ3) is 4.73. The van der Waals surface area contributed by atoms with Crippen molar-refractivity contribution < 1.29 is 30.4 Å². The summed E-state index contributed by atoms with van der Waals surface area (Å²) in [6.45, 7) is -0.419. The third-order valence-electron chi connectivity index (χ3n) is 4.28. The minimum atomic E-state index is -5.78. The number of esters is 1. The van der Waals surface area contributed by atoms with E-state index >= 15 is 0 Å². The molecule has 0 heterocycles. The average molecular weight is 545 g/mol. The zero-order valence-electron chi connectivity index (χ0n) is 16.6. The molecule has 0 radical (unpaired) electrons. The number of carbonyl (C=O) groups is 1. The number of alkyl halides is 3. The van der Waals surface area contributed by atoms with Gasteiger partial charge in [-0.15, -0.1) is 0 Å². The number of rotatable bonds is 9. The molecule has 3 aromatic rings. The summed E-state index contributed by atoms with van der Waals surface area (Å²) in [5, 5.41) is -4.84. The van der Waals surface area contributed by atoms with E-state index in [0.29, 0.717) is 14.7 Å². The fourth-order valence-corrected chi connectivity index (χ4v) is 8.08. The molecule has 32 heavy (non-hydrogen) atoms. The lowest BCUT2D eigenvalue weighted by Crippen LogP contribution is -2.41. The van der Waals surface area contributed by atoms with E-state index in [4.69, 9.17) is 3.63 Å². The number of hydrogen-bond acceptors (Lipinski definition) is 5. The topological polar surface area (TPSA) is 69.7 Å². The molecule has 0 N–H and O–H groups in total. The standard InChI is InChI=1S/C22H19BrF2O5S2/c23-16-17-29-21(26)22(24,25)32(27,28)30-31(18-10-4-1-5-11-18,19-12-6-2-7-13-19)20-14-8-3-9-15-20/h1-15H,16-17H2. The first-order valence-electron chi connectivity index (χ1n) is 9.31. The number of ether oxygens (including phenoxy) is 1. The lowest BCUT2D eigenvalue weighted by atomic mass is 10.4. The van der Waals surface area contributed by atoms with Crippen molar-refractivity contribution in [2.45, 2.75) is 19.9 Å². The van der Waals surface area contributed by atoms with Gasteiger partial charge in [0.1, 0.15) is 6.61 Å². The molecule has 0 atom stereocenters. The summed E-state index contributed by atoms with van der Waals surface area (Å²) in [7, 11) is -8.99. The Morgan fingerprint density at radius 2 is 1.16 bits per heavy atom. The molecule has 0 bridgehead atoms. The Morgan fingerprint density at radius 3 is 1.50 bits per heavy atom. The van der Waals surface area contributed by atoms with E-state index < -0.39 is 38.3 Å². The lowest BCUT2D eigenvalue weighted by molar-refractivity contribution is -0.160. The van der Waals surface area contributed by atoms with Crippen LogP contribution < -0.4 is 0 Å². The van der Waals surface area contributed by atoms with Crippen molar-refractivity contribution in [1.29, 1.82) is 0 Å². The average Bonchev–Trinajstić information content (AvgIpc) is 2.82. The Balaban J connectivity index is 2.25.